The van der Waals surface area contributed by atoms with Crippen molar-refractivity contribution in [3.05, 3.63) is 6.04 Å². The molecule has 0 aromatic rings. The Morgan fingerprint density at radius 1 is 1.38 bits per heavy atom. The number of nitrogens with zero attached hydrogens (tertiary/aromatic N) is 1. The number of rotatable bonds is 1. The first kappa shape index (κ1) is 11.0. The minimum absolute atomic E-state index is 0. The van der Waals surface area contributed by atoms with E-state index in [0.717, 1.165) is 0 Å². The molecule has 0 radical (unpaired) electrons. The SMILES string of the molecule is C[Si](C)(C)[CH-]C#N.[Li+]. The van der Waals surface area contributed by atoms with Crippen LogP contribution < -0.4 is 18.9 Å². The molecule has 0 saturated heterocycles. The third-order valence-corrected chi connectivity index (χ3v) is 1.49. The van der Waals surface area contributed by atoms with Gasteiger partial charge >= 0.3 is 18.9 Å². The van der Waals surface area contributed by atoms with Crippen molar-refractivity contribution < 1.29 is 18.9 Å². The van der Waals surface area contributed by atoms with E-state index in [1.165, 1.54) is 0 Å². The topological polar surface area (TPSA) is 23.8 Å². The van der Waals surface area contributed by atoms with Crippen LogP contribution in [0, 0.1) is 17.4 Å². The van der Waals surface area contributed by atoms with E-state index in [2.05, 4.69) is 19.6 Å². The molecule has 0 bridgehead atoms. The normalized spacial score (nSPS) is 8.75. The molecule has 0 fully saturated rings. The summed E-state index contributed by atoms with van der Waals surface area (Å²) in [5.74, 6) is 0. The molecule has 0 amide bonds. The van der Waals surface area contributed by atoms with Crippen LogP contribution in [0.5, 0.6) is 0 Å². The first-order valence-corrected chi connectivity index (χ1v) is 5.88. The van der Waals surface area contributed by atoms with Gasteiger partial charge in [0.05, 0.1) is 0 Å². The van der Waals surface area contributed by atoms with Gasteiger partial charge in [-0.05, 0) is 0 Å². The summed E-state index contributed by atoms with van der Waals surface area (Å²) >= 11 is 0. The van der Waals surface area contributed by atoms with Gasteiger partial charge in [-0.3, -0.25) is 6.04 Å². The zero-order valence-electron chi connectivity index (χ0n) is 6.02. The molecule has 0 unspecified atom stereocenters. The molecule has 0 aliphatic heterocycles. The minimum Gasteiger partial charge on any atom is -0.291 e. The van der Waals surface area contributed by atoms with Gasteiger partial charge in [0, 0.05) is 0 Å². The zero-order valence-corrected chi connectivity index (χ0v) is 7.02. The second-order valence-corrected chi connectivity index (χ2v) is 7.66. The third-order valence-electron chi connectivity index (χ3n) is 0.498. The van der Waals surface area contributed by atoms with Crippen LogP contribution in [0.4, 0.5) is 0 Å². The molecule has 40 valence electrons. The summed E-state index contributed by atoms with van der Waals surface area (Å²) in [5.41, 5.74) is 0. The maximum absolute atomic E-state index is 8.13. The van der Waals surface area contributed by atoms with Crippen LogP contribution >= 0.6 is 0 Å². The van der Waals surface area contributed by atoms with Gasteiger partial charge in [0.15, 0.2) is 0 Å². The Morgan fingerprint density at radius 3 is 1.75 bits per heavy atom. The van der Waals surface area contributed by atoms with E-state index < -0.39 is 8.07 Å². The number of hydrogen-bond acceptors (Lipinski definition) is 1. The Kier molecular flexibility index (Phi) is 5.65. The van der Waals surface area contributed by atoms with E-state index in [1.54, 1.807) is 6.04 Å². The summed E-state index contributed by atoms with van der Waals surface area (Å²) in [6.45, 7) is 6.41. The Labute approximate surface area is 64.3 Å². The van der Waals surface area contributed by atoms with Crippen LogP contribution in [-0.4, -0.2) is 8.07 Å². The molecule has 8 heavy (non-hydrogen) atoms. The predicted octanol–water partition coefficient (Wildman–Crippen LogP) is -1.40. The fourth-order valence-electron chi connectivity index (χ4n) is 0.194. The fraction of sp³-hybridized carbons (Fsp3) is 0.600. The molecular weight excluding hydrogens is 109 g/mol. The Bertz CT molecular complexity index is 89.6. The summed E-state index contributed by atoms with van der Waals surface area (Å²) < 4.78 is 0. The van der Waals surface area contributed by atoms with E-state index in [1.807, 2.05) is 6.07 Å². The van der Waals surface area contributed by atoms with Gasteiger partial charge in [0.25, 0.3) is 0 Å². The van der Waals surface area contributed by atoms with Crippen LogP contribution in [0.1, 0.15) is 0 Å². The molecule has 0 aliphatic rings. The van der Waals surface area contributed by atoms with E-state index in [9.17, 15) is 0 Å². The van der Waals surface area contributed by atoms with Crippen LogP contribution in [0.15, 0.2) is 0 Å². The van der Waals surface area contributed by atoms with Gasteiger partial charge in [0.2, 0.25) is 0 Å². The average molecular weight is 119 g/mol. The third kappa shape index (κ3) is 9.49. The van der Waals surface area contributed by atoms with Gasteiger partial charge in [0.1, 0.15) is 0 Å². The zero-order chi connectivity index (χ0) is 5.91. The van der Waals surface area contributed by atoms with E-state index >= 15 is 0 Å². The van der Waals surface area contributed by atoms with E-state index in [0.29, 0.717) is 0 Å². The first-order valence-electron chi connectivity index (χ1n) is 2.30. The van der Waals surface area contributed by atoms with E-state index in [-0.39, 0.29) is 18.9 Å². The predicted molar refractivity (Wildman–Crippen MR) is 33.3 cm³/mol. The summed E-state index contributed by atoms with van der Waals surface area (Å²) in [6.07, 6.45) is 0. The molecule has 0 N–H and O–H groups in total. The van der Waals surface area contributed by atoms with Crippen LogP contribution in [0.3, 0.4) is 0 Å². The van der Waals surface area contributed by atoms with Crippen molar-refractivity contribution >= 4 is 8.07 Å². The molecule has 0 aromatic carbocycles. The minimum atomic E-state index is -1.14. The van der Waals surface area contributed by atoms with Crippen LogP contribution in [0.2, 0.25) is 19.6 Å². The summed E-state index contributed by atoms with van der Waals surface area (Å²) in [6, 6.07) is 3.80. The van der Waals surface area contributed by atoms with Crippen molar-refractivity contribution in [1.82, 2.24) is 0 Å². The Balaban J connectivity index is 0. The monoisotopic (exact) mass is 119 g/mol. The van der Waals surface area contributed by atoms with Crippen molar-refractivity contribution in [3.8, 4) is 6.07 Å². The Hall–Kier alpha value is 0.174. The number of hydrogen-bond donors (Lipinski definition) is 0. The van der Waals surface area contributed by atoms with E-state index in [4.69, 9.17) is 5.26 Å². The molecule has 1 nitrogen and oxygen atoms in total. The second-order valence-electron chi connectivity index (χ2n) is 2.64. The quantitative estimate of drug-likeness (QED) is 0.307. The summed E-state index contributed by atoms with van der Waals surface area (Å²) in [4.78, 5) is 0. The molecule has 0 saturated carbocycles. The summed E-state index contributed by atoms with van der Waals surface area (Å²) in [5, 5.41) is 8.13. The molecule has 0 spiro atoms. The largest absolute Gasteiger partial charge is 1.00 e. The van der Waals surface area contributed by atoms with Crippen molar-refractivity contribution in [2.75, 3.05) is 0 Å². The van der Waals surface area contributed by atoms with Gasteiger partial charge in [-0.25, -0.2) is 5.26 Å². The average Bonchev–Trinajstić information content (AvgIpc) is 1.30. The smallest absolute Gasteiger partial charge is 0.291 e. The van der Waals surface area contributed by atoms with Gasteiger partial charge in [-0.15, -0.1) is 6.07 Å². The fourth-order valence-corrected chi connectivity index (χ4v) is 0.581. The first-order chi connectivity index (χ1) is 3.06. The molecule has 3 heteroatoms. The van der Waals surface area contributed by atoms with Crippen molar-refractivity contribution in [3.63, 3.8) is 0 Å². The maximum atomic E-state index is 8.13. The van der Waals surface area contributed by atoms with Crippen molar-refractivity contribution in [1.29, 1.82) is 5.26 Å². The molecule has 0 aliphatic carbocycles. The van der Waals surface area contributed by atoms with Crippen LogP contribution in [-0.2, 0) is 0 Å². The van der Waals surface area contributed by atoms with Crippen molar-refractivity contribution in [2.24, 2.45) is 0 Å². The molecule has 0 atom stereocenters. The molecule has 0 heterocycles. The van der Waals surface area contributed by atoms with Crippen LogP contribution in [0.25, 0.3) is 0 Å². The number of nitriles is 1. The van der Waals surface area contributed by atoms with Crippen molar-refractivity contribution in [2.45, 2.75) is 19.6 Å². The molecule has 0 aromatic heterocycles. The maximum Gasteiger partial charge on any atom is 1.00 e. The van der Waals surface area contributed by atoms with Gasteiger partial charge < -0.3 is 0 Å². The molecular formula is C5H10LiNSi. The van der Waals surface area contributed by atoms with Gasteiger partial charge in [-0.2, -0.15) is 0 Å². The summed E-state index contributed by atoms with van der Waals surface area (Å²) in [7, 11) is -1.14. The standard InChI is InChI=1S/C5H10NSi.Li/c1-7(2,3)5-4-6;/h5H,1-3H3;/q-1;+1. The Morgan fingerprint density at radius 2 is 1.75 bits per heavy atom. The van der Waals surface area contributed by atoms with Gasteiger partial charge in [-0.1, -0.05) is 27.7 Å². The second kappa shape index (κ2) is 4.09. The molecule has 0 rings (SSSR count).